The molecule has 1 aromatic rings. The van der Waals surface area contributed by atoms with Crippen LogP contribution in [-0.2, 0) is 4.79 Å². The third-order valence-corrected chi connectivity index (χ3v) is 2.99. The van der Waals surface area contributed by atoms with E-state index in [0.717, 1.165) is 12.8 Å². The summed E-state index contributed by atoms with van der Waals surface area (Å²) in [6.45, 7) is 0.612. The molecule has 1 aliphatic heterocycles. The quantitative estimate of drug-likeness (QED) is 0.643. The van der Waals surface area contributed by atoms with Crippen molar-refractivity contribution < 1.29 is 22.4 Å². The van der Waals surface area contributed by atoms with Gasteiger partial charge in [0.05, 0.1) is 6.04 Å². The van der Waals surface area contributed by atoms with Crippen molar-refractivity contribution in [1.82, 2.24) is 5.32 Å². The van der Waals surface area contributed by atoms with Gasteiger partial charge in [0.1, 0.15) is 5.69 Å². The summed E-state index contributed by atoms with van der Waals surface area (Å²) in [5.74, 6) is -7.02. The van der Waals surface area contributed by atoms with Gasteiger partial charge in [-0.2, -0.15) is 0 Å². The fraction of sp³-hybridized carbons (Fsp3) is 0.417. The zero-order valence-electron chi connectivity index (χ0n) is 9.90. The Labute approximate surface area is 107 Å². The second kappa shape index (κ2) is 5.56. The van der Waals surface area contributed by atoms with Crippen LogP contribution in [0.5, 0.6) is 0 Å². The lowest BCUT2D eigenvalue weighted by atomic mass is 10.0. The van der Waals surface area contributed by atoms with E-state index in [9.17, 15) is 22.4 Å². The fourth-order valence-corrected chi connectivity index (χ4v) is 1.97. The summed E-state index contributed by atoms with van der Waals surface area (Å²) in [5.41, 5.74) is -1.09. The number of piperidine rings is 1. The van der Waals surface area contributed by atoms with E-state index in [1.807, 2.05) is 5.32 Å². The molecule has 0 radical (unpaired) electrons. The molecule has 0 unspecified atom stereocenters. The molecule has 19 heavy (non-hydrogen) atoms. The maximum absolute atomic E-state index is 13.4. The molecule has 1 heterocycles. The van der Waals surface area contributed by atoms with Gasteiger partial charge in [-0.05, 0) is 19.4 Å². The number of nitrogens with one attached hydrogen (secondary N) is 2. The minimum atomic E-state index is -1.61. The Kier molecular flexibility index (Phi) is 4.04. The number of hydrogen-bond acceptors (Lipinski definition) is 2. The molecule has 3 nitrogen and oxygen atoms in total. The summed E-state index contributed by atoms with van der Waals surface area (Å²) in [6.07, 6.45) is 2.21. The Morgan fingerprint density at radius 1 is 1.16 bits per heavy atom. The summed E-state index contributed by atoms with van der Waals surface area (Å²) in [5, 5.41) is 4.76. The van der Waals surface area contributed by atoms with Crippen LogP contribution in [0.15, 0.2) is 6.07 Å². The molecule has 1 amide bonds. The molecule has 1 saturated heterocycles. The fourth-order valence-electron chi connectivity index (χ4n) is 1.97. The number of amides is 1. The average Bonchev–Trinajstić information content (AvgIpc) is 2.42. The molecule has 2 rings (SSSR count). The average molecular weight is 276 g/mol. The van der Waals surface area contributed by atoms with Crippen LogP contribution in [0.2, 0.25) is 0 Å². The lowest BCUT2D eigenvalue weighted by Crippen LogP contribution is -2.43. The van der Waals surface area contributed by atoms with Crippen LogP contribution in [0, 0.1) is 23.3 Å². The van der Waals surface area contributed by atoms with Gasteiger partial charge in [-0.25, -0.2) is 17.6 Å². The Morgan fingerprint density at radius 3 is 2.32 bits per heavy atom. The van der Waals surface area contributed by atoms with Crippen molar-refractivity contribution in [3.05, 3.63) is 29.3 Å². The van der Waals surface area contributed by atoms with E-state index in [1.54, 1.807) is 0 Å². The third-order valence-electron chi connectivity index (χ3n) is 2.99. The van der Waals surface area contributed by atoms with Gasteiger partial charge in [0, 0.05) is 6.07 Å². The first-order chi connectivity index (χ1) is 9.00. The van der Waals surface area contributed by atoms with Crippen LogP contribution in [0.3, 0.4) is 0 Å². The van der Waals surface area contributed by atoms with Crippen molar-refractivity contribution in [3.63, 3.8) is 0 Å². The van der Waals surface area contributed by atoms with Gasteiger partial charge in [-0.3, -0.25) is 4.79 Å². The molecule has 104 valence electrons. The third kappa shape index (κ3) is 2.86. The highest BCUT2D eigenvalue weighted by molar-refractivity contribution is 5.95. The lowest BCUT2D eigenvalue weighted by Gasteiger charge is -2.22. The van der Waals surface area contributed by atoms with Crippen molar-refractivity contribution in [1.29, 1.82) is 0 Å². The molecule has 0 saturated carbocycles. The molecule has 1 aliphatic rings. The van der Waals surface area contributed by atoms with Crippen LogP contribution in [0.25, 0.3) is 0 Å². The summed E-state index contributed by atoms with van der Waals surface area (Å²) >= 11 is 0. The van der Waals surface area contributed by atoms with Crippen molar-refractivity contribution in [3.8, 4) is 0 Å². The topological polar surface area (TPSA) is 41.1 Å². The first-order valence-electron chi connectivity index (χ1n) is 5.88. The predicted octanol–water partition coefficient (Wildman–Crippen LogP) is 2.32. The number of benzene rings is 1. The van der Waals surface area contributed by atoms with Gasteiger partial charge < -0.3 is 10.6 Å². The van der Waals surface area contributed by atoms with E-state index in [2.05, 4.69) is 5.32 Å². The summed E-state index contributed by atoms with van der Waals surface area (Å²) in [7, 11) is 0. The van der Waals surface area contributed by atoms with E-state index >= 15 is 0 Å². The van der Waals surface area contributed by atoms with Gasteiger partial charge >= 0.3 is 0 Å². The molecule has 1 fully saturated rings. The molecule has 7 heteroatoms. The minimum Gasteiger partial charge on any atom is -0.320 e. The highest BCUT2D eigenvalue weighted by atomic mass is 19.2. The summed E-state index contributed by atoms with van der Waals surface area (Å²) < 4.78 is 52.6. The van der Waals surface area contributed by atoms with E-state index in [-0.39, 0.29) is 6.07 Å². The van der Waals surface area contributed by atoms with Gasteiger partial charge in [0.15, 0.2) is 23.3 Å². The maximum Gasteiger partial charge on any atom is 0.241 e. The van der Waals surface area contributed by atoms with E-state index in [0.29, 0.717) is 13.0 Å². The van der Waals surface area contributed by atoms with Crippen LogP contribution in [-0.4, -0.2) is 18.5 Å². The van der Waals surface area contributed by atoms with Gasteiger partial charge in [0.2, 0.25) is 5.91 Å². The number of rotatable bonds is 2. The van der Waals surface area contributed by atoms with Gasteiger partial charge in [-0.15, -0.1) is 0 Å². The highest BCUT2D eigenvalue weighted by Gasteiger charge is 2.25. The molecule has 1 aromatic carbocycles. The van der Waals surface area contributed by atoms with E-state index in [1.165, 1.54) is 0 Å². The Hall–Kier alpha value is -1.63. The zero-order chi connectivity index (χ0) is 14.0. The molecular formula is C12H12F4N2O. The van der Waals surface area contributed by atoms with Crippen molar-refractivity contribution in [2.24, 2.45) is 0 Å². The van der Waals surface area contributed by atoms with Crippen LogP contribution < -0.4 is 10.6 Å². The van der Waals surface area contributed by atoms with Crippen LogP contribution in [0.4, 0.5) is 23.2 Å². The van der Waals surface area contributed by atoms with Gasteiger partial charge in [-0.1, -0.05) is 6.42 Å². The molecular weight excluding hydrogens is 264 g/mol. The number of hydrogen-bond donors (Lipinski definition) is 2. The lowest BCUT2D eigenvalue weighted by molar-refractivity contribution is -0.118. The minimum absolute atomic E-state index is 0.0964. The predicted molar refractivity (Wildman–Crippen MR) is 60.5 cm³/mol. The first kappa shape index (κ1) is 13.8. The van der Waals surface area contributed by atoms with Crippen LogP contribution >= 0.6 is 0 Å². The van der Waals surface area contributed by atoms with Crippen molar-refractivity contribution in [2.75, 3.05) is 11.9 Å². The highest BCUT2D eigenvalue weighted by Crippen LogP contribution is 2.24. The standard InChI is InChI=1S/C12H12F4N2O/c13-6-5-7(14)10(16)11(9(6)15)18-12(19)8-3-1-2-4-17-8/h5,8,17H,1-4H2,(H,18,19)/t8-/m0/s1. The largest absolute Gasteiger partial charge is 0.320 e. The molecule has 0 bridgehead atoms. The Bertz CT molecular complexity index is 475. The first-order valence-corrected chi connectivity index (χ1v) is 5.88. The van der Waals surface area contributed by atoms with Crippen molar-refractivity contribution in [2.45, 2.75) is 25.3 Å². The molecule has 0 aromatic heterocycles. The number of carbonyl (C=O) groups is 1. The summed E-state index contributed by atoms with van der Waals surface area (Å²) in [4.78, 5) is 11.7. The van der Waals surface area contributed by atoms with Gasteiger partial charge in [0.25, 0.3) is 0 Å². The zero-order valence-corrected chi connectivity index (χ0v) is 9.90. The monoisotopic (exact) mass is 276 g/mol. The Balaban J connectivity index is 2.20. The van der Waals surface area contributed by atoms with Crippen molar-refractivity contribution >= 4 is 11.6 Å². The number of halogens is 4. The number of anilines is 1. The normalized spacial score (nSPS) is 19.3. The number of carbonyl (C=O) groups excluding carboxylic acids is 1. The second-order valence-electron chi connectivity index (χ2n) is 4.33. The van der Waals surface area contributed by atoms with E-state index in [4.69, 9.17) is 0 Å². The smallest absolute Gasteiger partial charge is 0.241 e. The maximum atomic E-state index is 13.4. The molecule has 2 N–H and O–H groups in total. The summed E-state index contributed by atoms with van der Waals surface area (Å²) in [6, 6.07) is -0.516. The molecule has 0 spiro atoms. The molecule has 1 atom stereocenters. The molecule has 0 aliphatic carbocycles. The SMILES string of the molecule is O=C(Nc1c(F)c(F)cc(F)c1F)[C@@H]1CCCCN1. The second-order valence-corrected chi connectivity index (χ2v) is 4.33. The van der Waals surface area contributed by atoms with E-state index < -0.39 is 40.9 Å². The van der Waals surface area contributed by atoms with Crippen LogP contribution in [0.1, 0.15) is 19.3 Å². The Morgan fingerprint density at radius 2 is 1.79 bits per heavy atom.